The van der Waals surface area contributed by atoms with Crippen molar-refractivity contribution in [1.82, 2.24) is 0 Å². The van der Waals surface area contributed by atoms with Gasteiger partial charge in [-0.1, -0.05) is 0 Å². The molecule has 0 heterocycles. The van der Waals surface area contributed by atoms with Crippen molar-refractivity contribution in [1.29, 1.82) is 0 Å². The third-order valence-electron chi connectivity index (χ3n) is 0.800. The van der Waals surface area contributed by atoms with Crippen molar-refractivity contribution in [2.24, 2.45) is 0 Å². The number of hydrogen-bond acceptors (Lipinski definition) is 0. The molecule has 0 rings (SSSR count). The topological polar surface area (TPSA) is 0 Å². The monoisotopic (exact) mass is 250 g/mol. The van der Waals surface area contributed by atoms with Gasteiger partial charge in [-0.15, -0.1) is 0 Å². The van der Waals surface area contributed by atoms with E-state index >= 15 is 0 Å². The molecule has 3 heteroatoms. The summed E-state index contributed by atoms with van der Waals surface area (Å²) in [5.41, 5.74) is 9.81. The van der Waals surface area contributed by atoms with Crippen LogP contribution in [-0.4, -0.2) is 25.2 Å². The average Bonchev–Trinajstić information content (AvgIpc) is 1.36. The van der Waals surface area contributed by atoms with Crippen molar-refractivity contribution in [2.45, 2.75) is 22.8 Å². The third kappa shape index (κ3) is 8.75. The van der Waals surface area contributed by atoms with E-state index < -0.39 is 0 Å². The van der Waals surface area contributed by atoms with Crippen LogP contribution < -0.4 is 51.4 Å². The van der Waals surface area contributed by atoms with E-state index in [0.717, 1.165) is 0 Å². The zero-order valence-electron chi connectivity index (χ0n) is 6.89. The van der Waals surface area contributed by atoms with Gasteiger partial charge in [0.1, 0.15) is 0 Å². The van der Waals surface area contributed by atoms with Crippen molar-refractivity contribution in [3.05, 3.63) is 0 Å². The minimum Gasteiger partial charge on any atom is -1.00 e. The predicted octanol–water partition coefficient (Wildman–Crippen LogP) is -1.31. The van der Waals surface area contributed by atoms with Gasteiger partial charge >= 0.3 is 99.4 Å². The molecule has 0 unspecified atom stereocenters. The first-order valence-electron chi connectivity index (χ1n) is 1.99. The van der Waals surface area contributed by atoms with E-state index in [2.05, 4.69) is 22.8 Å². The van der Waals surface area contributed by atoms with Crippen LogP contribution in [0.3, 0.4) is 0 Å². The van der Waals surface area contributed by atoms with Crippen LogP contribution in [0.1, 0.15) is 1.43 Å². The van der Waals surface area contributed by atoms with Gasteiger partial charge in [-0.05, 0) is 0 Å². The third-order valence-corrected chi connectivity index (χ3v) is 21.6. The summed E-state index contributed by atoms with van der Waals surface area (Å²) in [6, 6.07) is 0. The summed E-state index contributed by atoms with van der Waals surface area (Å²) in [7, 11) is 0. The SMILES string of the molecule is C[As](C)[As](C)C.[H-].[K+]. The molecule has 0 N–H and O–H groups in total. The first-order valence-corrected chi connectivity index (χ1v) is 14.7. The first kappa shape index (κ1) is 12.4. The maximum Gasteiger partial charge on any atom is 1.00 e. The molecule has 0 spiro atoms. The Morgan fingerprint density at radius 3 is 1.00 bits per heavy atom. The Hall–Kier alpha value is 2.75. The average molecular weight is 250 g/mol. The van der Waals surface area contributed by atoms with Crippen molar-refractivity contribution >= 4 is 25.2 Å². The van der Waals surface area contributed by atoms with Crippen molar-refractivity contribution < 1.29 is 52.8 Å². The molecule has 0 aliphatic carbocycles. The van der Waals surface area contributed by atoms with Gasteiger partial charge in [-0.3, -0.25) is 0 Å². The largest absolute Gasteiger partial charge is 1.00 e. The second-order valence-corrected chi connectivity index (χ2v) is 26.2. The van der Waals surface area contributed by atoms with Crippen LogP contribution in [0.4, 0.5) is 0 Å². The summed E-state index contributed by atoms with van der Waals surface area (Å²) < 4.78 is 0. The Balaban J connectivity index is -0.000000125. The molecule has 0 radical (unpaired) electrons. The van der Waals surface area contributed by atoms with Crippen LogP contribution >= 0.6 is 0 Å². The summed E-state index contributed by atoms with van der Waals surface area (Å²) in [5.74, 6) is 0. The zero-order chi connectivity index (χ0) is 5.15. The normalized spacial score (nSPS) is 9.43. The Bertz CT molecular complexity index is 35.0. The van der Waals surface area contributed by atoms with E-state index in [1.165, 1.54) is 0 Å². The molecule has 0 saturated carbocycles. The molecular formula is C4H13As2K. The second kappa shape index (κ2) is 6.87. The van der Waals surface area contributed by atoms with Crippen molar-refractivity contribution in [3.63, 3.8) is 0 Å². The minimum absolute atomic E-state index is 0. The van der Waals surface area contributed by atoms with Gasteiger partial charge in [0.15, 0.2) is 0 Å². The molecular weight excluding hydrogens is 237 g/mol. The molecule has 40 valence electrons. The maximum absolute atomic E-state index is 2.45. The Labute approximate surface area is 98.5 Å². The number of rotatable bonds is 1. The molecule has 0 bridgehead atoms. The fraction of sp³-hybridized carbons (Fsp3) is 1.00. The second-order valence-electron chi connectivity index (χ2n) is 1.69. The van der Waals surface area contributed by atoms with Crippen molar-refractivity contribution in [2.75, 3.05) is 0 Å². The van der Waals surface area contributed by atoms with E-state index in [1.807, 2.05) is 0 Å². The summed E-state index contributed by atoms with van der Waals surface area (Å²) in [5, 5.41) is 0. The van der Waals surface area contributed by atoms with E-state index in [-0.39, 0.29) is 78.0 Å². The van der Waals surface area contributed by atoms with E-state index in [9.17, 15) is 0 Å². The molecule has 0 aromatic carbocycles. The molecule has 0 fully saturated rings. The smallest absolute Gasteiger partial charge is 1.00 e. The van der Waals surface area contributed by atoms with Crippen LogP contribution in [0.5, 0.6) is 0 Å². The fourth-order valence-corrected chi connectivity index (χ4v) is 0. The Morgan fingerprint density at radius 1 is 0.857 bits per heavy atom. The molecule has 0 aliphatic heterocycles. The Morgan fingerprint density at radius 2 is 1.00 bits per heavy atom. The van der Waals surface area contributed by atoms with Crippen LogP contribution in [0, 0.1) is 0 Å². The fourth-order valence-electron chi connectivity index (χ4n) is 0. The van der Waals surface area contributed by atoms with Crippen molar-refractivity contribution in [3.8, 4) is 0 Å². The molecule has 0 atom stereocenters. The predicted molar refractivity (Wildman–Crippen MR) is 36.1 cm³/mol. The summed E-state index contributed by atoms with van der Waals surface area (Å²) in [6.07, 6.45) is 0. The molecule has 7 heavy (non-hydrogen) atoms. The van der Waals surface area contributed by atoms with Gasteiger partial charge in [-0.25, -0.2) is 0 Å². The van der Waals surface area contributed by atoms with Crippen LogP contribution in [0.15, 0.2) is 0 Å². The molecule has 0 amide bonds. The molecule has 0 aromatic rings. The minimum atomic E-state index is -0.153. The van der Waals surface area contributed by atoms with Gasteiger partial charge in [0.05, 0.1) is 0 Å². The standard InChI is InChI=1S/C4H12As2.K.H/c1-5(2)6(3)4;;/h1-4H3;;/q;+1;-1. The Kier molecular flexibility index (Phi) is 12.2. The van der Waals surface area contributed by atoms with Gasteiger partial charge in [-0.2, -0.15) is 0 Å². The van der Waals surface area contributed by atoms with Crippen LogP contribution in [0.2, 0.25) is 22.8 Å². The van der Waals surface area contributed by atoms with Gasteiger partial charge in [0.25, 0.3) is 0 Å². The van der Waals surface area contributed by atoms with Gasteiger partial charge in [0.2, 0.25) is 0 Å². The van der Waals surface area contributed by atoms with Crippen LogP contribution in [-0.2, 0) is 0 Å². The quantitative estimate of drug-likeness (QED) is 0.507. The van der Waals surface area contributed by atoms with E-state index in [1.54, 1.807) is 0 Å². The van der Waals surface area contributed by atoms with E-state index in [0.29, 0.717) is 0 Å². The summed E-state index contributed by atoms with van der Waals surface area (Å²) >= 11 is -0.306. The molecule has 0 aromatic heterocycles. The zero-order valence-corrected chi connectivity index (χ0v) is 12.8. The molecule has 0 saturated heterocycles. The van der Waals surface area contributed by atoms with E-state index in [4.69, 9.17) is 0 Å². The van der Waals surface area contributed by atoms with Gasteiger partial charge in [0, 0.05) is 0 Å². The molecule has 0 nitrogen and oxygen atoms in total. The van der Waals surface area contributed by atoms with Gasteiger partial charge < -0.3 is 1.43 Å². The first-order chi connectivity index (χ1) is 2.64. The molecule has 0 aliphatic rings. The summed E-state index contributed by atoms with van der Waals surface area (Å²) in [4.78, 5) is 0. The summed E-state index contributed by atoms with van der Waals surface area (Å²) in [6.45, 7) is 0. The number of hydrogen-bond donors (Lipinski definition) is 0. The van der Waals surface area contributed by atoms with Crippen LogP contribution in [0.25, 0.3) is 0 Å². The maximum atomic E-state index is 2.45.